The van der Waals surface area contributed by atoms with Crippen molar-refractivity contribution in [3.05, 3.63) is 87.1 Å². The van der Waals surface area contributed by atoms with Gasteiger partial charge in [-0.1, -0.05) is 60.7 Å². The van der Waals surface area contributed by atoms with Crippen LogP contribution in [0.5, 0.6) is 0 Å². The zero-order valence-corrected chi connectivity index (χ0v) is 13.5. The highest BCUT2D eigenvalue weighted by Crippen LogP contribution is 2.13. The first kappa shape index (κ1) is 15.5. The van der Waals surface area contributed by atoms with Crippen molar-refractivity contribution in [2.75, 3.05) is 6.61 Å². The minimum absolute atomic E-state index is 0.0680. The van der Waals surface area contributed by atoms with Crippen LogP contribution in [0, 0.1) is 0 Å². The standard InChI is InChI=1S/C19H17N3O3/c23-18-17(15-9-5-2-6-10-15)20-22(11-14-7-3-1-4-8-14)19(24)21(18)12-16-13-25-16/h1-10,16H,11-13H2. The van der Waals surface area contributed by atoms with Crippen LogP contribution in [0.25, 0.3) is 11.3 Å². The highest BCUT2D eigenvalue weighted by molar-refractivity contribution is 5.57. The zero-order valence-electron chi connectivity index (χ0n) is 13.5. The normalized spacial score (nSPS) is 15.9. The van der Waals surface area contributed by atoms with E-state index >= 15 is 0 Å². The van der Waals surface area contributed by atoms with E-state index in [4.69, 9.17) is 4.74 Å². The topological polar surface area (TPSA) is 69.4 Å². The minimum atomic E-state index is -0.413. The van der Waals surface area contributed by atoms with E-state index in [-0.39, 0.29) is 23.9 Å². The second-order valence-corrected chi connectivity index (χ2v) is 6.01. The maximum atomic E-state index is 12.8. The van der Waals surface area contributed by atoms with Crippen molar-refractivity contribution in [2.45, 2.75) is 19.2 Å². The summed E-state index contributed by atoms with van der Waals surface area (Å²) >= 11 is 0. The molecular formula is C19H17N3O3. The summed E-state index contributed by atoms with van der Waals surface area (Å²) in [5.74, 6) is 0. The molecule has 1 aromatic heterocycles. The summed E-state index contributed by atoms with van der Waals surface area (Å²) in [6.07, 6.45) is -0.0680. The van der Waals surface area contributed by atoms with Gasteiger partial charge in [0.25, 0.3) is 5.56 Å². The third kappa shape index (κ3) is 3.29. The fourth-order valence-corrected chi connectivity index (χ4v) is 2.73. The molecule has 6 heteroatoms. The number of hydrogen-bond acceptors (Lipinski definition) is 4. The smallest absolute Gasteiger partial charge is 0.347 e. The van der Waals surface area contributed by atoms with Gasteiger partial charge in [-0.3, -0.25) is 9.36 Å². The van der Waals surface area contributed by atoms with E-state index in [0.29, 0.717) is 18.7 Å². The van der Waals surface area contributed by atoms with Crippen LogP contribution in [0.3, 0.4) is 0 Å². The lowest BCUT2D eigenvalue weighted by Crippen LogP contribution is -2.43. The van der Waals surface area contributed by atoms with E-state index in [1.165, 1.54) is 9.25 Å². The van der Waals surface area contributed by atoms with Crippen LogP contribution in [0.15, 0.2) is 70.3 Å². The van der Waals surface area contributed by atoms with Crippen molar-refractivity contribution in [3.63, 3.8) is 0 Å². The highest BCUT2D eigenvalue weighted by Gasteiger charge is 2.26. The average molecular weight is 335 g/mol. The van der Waals surface area contributed by atoms with Gasteiger partial charge in [0.2, 0.25) is 0 Å². The van der Waals surface area contributed by atoms with Gasteiger partial charge in [-0.05, 0) is 5.56 Å². The molecule has 2 aromatic carbocycles. The van der Waals surface area contributed by atoms with Gasteiger partial charge in [-0.2, -0.15) is 5.10 Å². The fraction of sp³-hybridized carbons (Fsp3) is 0.211. The summed E-state index contributed by atoms with van der Waals surface area (Å²) in [5, 5.41) is 4.36. The van der Waals surface area contributed by atoms with Crippen LogP contribution in [0.1, 0.15) is 5.56 Å². The number of epoxide rings is 1. The van der Waals surface area contributed by atoms with Gasteiger partial charge < -0.3 is 4.74 Å². The first-order chi connectivity index (χ1) is 12.2. The molecule has 1 fully saturated rings. The Hall–Kier alpha value is -2.99. The molecule has 1 aliphatic rings. The lowest BCUT2D eigenvalue weighted by molar-refractivity contribution is 0.370. The van der Waals surface area contributed by atoms with Crippen LogP contribution in [0.4, 0.5) is 0 Å². The Kier molecular flexibility index (Phi) is 4.03. The molecule has 25 heavy (non-hydrogen) atoms. The largest absolute Gasteiger partial charge is 0.371 e. The molecule has 2 heterocycles. The zero-order chi connectivity index (χ0) is 17.2. The van der Waals surface area contributed by atoms with E-state index in [1.807, 2.05) is 60.7 Å². The monoisotopic (exact) mass is 335 g/mol. The van der Waals surface area contributed by atoms with Gasteiger partial charge >= 0.3 is 5.69 Å². The lowest BCUT2D eigenvalue weighted by atomic mass is 10.1. The summed E-state index contributed by atoms with van der Waals surface area (Å²) in [5.41, 5.74) is 1.13. The summed E-state index contributed by atoms with van der Waals surface area (Å²) < 4.78 is 7.78. The number of hydrogen-bond donors (Lipinski definition) is 0. The number of rotatable bonds is 5. The molecule has 0 radical (unpaired) electrons. The second kappa shape index (κ2) is 6.49. The molecule has 3 aromatic rings. The van der Waals surface area contributed by atoms with Crippen molar-refractivity contribution in [3.8, 4) is 11.3 Å². The Morgan fingerprint density at radius 3 is 2.28 bits per heavy atom. The summed E-state index contributed by atoms with van der Waals surface area (Å²) in [7, 11) is 0. The molecule has 1 atom stereocenters. The van der Waals surface area contributed by atoms with Gasteiger partial charge in [0.05, 0.1) is 25.8 Å². The Balaban J connectivity index is 1.85. The molecule has 6 nitrogen and oxygen atoms in total. The number of ether oxygens (including phenoxy) is 1. The number of aromatic nitrogens is 3. The maximum absolute atomic E-state index is 12.8. The predicted molar refractivity (Wildman–Crippen MR) is 93.5 cm³/mol. The molecule has 0 N–H and O–H groups in total. The van der Waals surface area contributed by atoms with Crippen LogP contribution in [0.2, 0.25) is 0 Å². The molecule has 0 aliphatic carbocycles. The van der Waals surface area contributed by atoms with Gasteiger partial charge in [0.1, 0.15) is 0 Å². The number of nitrogens with zero attached hydrogens (tertiary/aromatic N) is 3. The summed E-state index contributed by atoms with van der Waals surface area (Å²) in [6.45, 7) is 1.15. The van der Waals surface area contributed by atoms with Crippen molar-refractivity contribution in [1.82, 2.24) is 14.3 Å². The average Bonchev–Trinajstić information content (AvgIpc) is 3.47. The van der Waals surface area contributed by atoms with Crippen LogP contribution in [-0.2, 0) is 17.8 Å². The van der Waals surface area contributed by atoms with E-state index < -0.39 is 5.69 Å². The van der Waals surface area contributed by atoms with Crippen LogP contribution in [-0.4, -0.2) is 27.1 Å². The van der Waals surface area contributed by atoms with Crippen molar-refractivity contribution in [2.24, 2.45) is 0 Å². The predicted octanol–water partition coefficient (Wildman–Crippen LogP) is 1.52. The van der Waals surface area contributed by atoms with Crippen molar-refractivity contribution < 1.29 is 4.74 Å². The van der Waals surface area contributed by atoms with Crippen LogP contribution >= 0.6 is 0 Å². The van der Waals surface area contributed by atoms with E-state index in [9.17, 15) is 9.59 Å². The van der Waals surface area contributed by atoms with Crippen LogP contribution < -0.4 is 11.2 Å². The van der Waals surface area contributed by atoms with Gasteiger partial charge in [-0.15, -0.1) is 0 Å². The molecule has 4 rings (SSSR count). The second-order valence-electron chi connectivity index (χ2n) is 6.01. The third-order valence-corrected chi connectivity index (χ3v) is 4.13. The van der Waals surface area contributed by atoms with Crippen molar-refractivity contribution >= 4 is 0 Å². The maximum Gasteiger partial charge on any atom is 0.347 e. The number of benzene rings is 2. The molecule has 0 saturated carbocycles. The first-order valence-corrected chi connectivity index (χ1v) is 8.15. The molecule has 1 unspecified atom stereocenters. The Morgan fingerprint density at radius 2 is 1.64 bits per heavy atom. The Bertz CT molecular complexity index is 990. The Labute approximate surface area is 143 Å². The lowest BCUT2D eigenvalue weighted by Gasteiger charge is -2.11. The van der Waals surface area contributed by atoms with E-state index in [2.05, 4.69) is 5.10 Å². The molecule has 126 valence electrons. The quantitative estimate of drug-likeness (QED) is 0.663. The van der Waals surface area contributed by atoms with Gasteiger partial charge in [0.15, 0.2) is 5.69 Å². The summed E-state index contributed by atoms with van der Waals surface area (Å²) in [4.78, 5) is 25.5. The SMILES string of the molecule is O=c1c(-c2ccccc2)nn(Cc2ccccc2)c(=O)n1CC1CO1. The van der Waals surface area contributed by atoms with Crippen molar-refractivity contribution in [1.29, 1.82) is 0 Å². The third-order valence-electron chi connectivity index (χ3n) is 4.13. The van der Waals surface area contributed by atoms with E-state index in [1.54, 1.807) is 0 Å². The fourth-order valence-electron chi connectivity index (χ4n) is 2.73. The molecule has 1 aliphatic heterocycles. The van der Waals surface area contributed by atoms with Gasteiger partial charge in [0, 0.05) is 5.56 Å². The van der Waals surface area contributed by atoms with Gasteiger partial charge in [-0.25, -0.2) is 9.48 Å². The molecule has 0 spiro atoms. The molecule has 0 bridgehead atoms. The molecular weight excluding hydrogens is 318 g/mol. The van der Waals surface area contributed by atoms with E-state index in [0.717, 1.165) is 5.56 Å². The minimum Gasteiger partial charge on any atom is -0.371 e. The molecule has 0 amide bonds. The highest BCUT2D eigenvalue weighted by atomic mass is 16.6. The Morgan fingerprint density at radius 1 is 1.00 bits per heavy atom. The summed E-state index contributed by atoms with van der Waals surface area (Å²) in [6, 6.07) is 18.8. The first-order valence-electron chi connectivity index (χ1n) is 8.15. The molecule has 1 saturated heterocycles.